The summed E-state index contributed by atoms with van der Waals surface area (Å²) in [6.07, 6.45) is 2.31. The second kappa shape index (κ2) is 7.73. The molecule has 0 saturated carbocycles. The van der Waals surface area contributed by atoms with Crippen molar-refractivity contribution >= 4 is 17.6 Å². The number of aromatic nitrogens is 2. The maximum atomic E-state index is 13.3. The summed E-state index contributed by atoms with van der Waals surface area (Å²) in [7, 11) is 0. The quantitative estimate of drug-likeness (QED) is 0.860. The molecule has 1 aliphatic heterocycles. The van der Waals surface area contributed by atoms with Crippen LogP contribution in [0.5, 0.6) is 0 Å². The summed E-state index contributed by atoms with van der Waals surface area (Å²) in [4.78, 5) is 26.4. The number of amides is 3. The molecule has 0 radical (unpaired) electrons. The smallest absolute Gasteiger partial charge is 0.322 e. The van der Waals surface area contributed by atoms with Crippen LogP contribution in [0.4, 0.5) is 19.3 Å². The normalized spacial score (nSPS) is 14.4. The van der Waals surface area contributed by atoms with Crippen molar-refractivity contribution in [1.29, 1.82) is 0 Å². The standard InChI is InChI=1S/C18H21F2N5O2/c1-3-11(2)22-17(26)13-9-21-25-7-6-24(10-16(13)25)18(27)23-12-4-5-14(19)15(20)8-12/h4-5,8-9,11H,3,6-7,10H2,1-2H3,(H,22,26)(H,23,27). The van der Waals surface area contributed by atoms with E-state index in [9.17, 15) is 18.4 Å². The lowest BCUT2D eigenvalue weighted by Gasteiger charge is -2.28. The van der Waals surface area contributed by atoms with Crippen molar-refractivity contribution in [3.63, 3.8) is 0 Å². The van der Waals surface area contributed by atoms with Gasteiger partial charge in [0.05, 0.1) is 30.5 Å². The number of carbonyl (C=O) groups excluding carboxylic acids is 2. The van der Waals surface area contributed by atoms with E-state index in [-0.39, 0.29) is 24.2 Å². The van der Waals surface area contributed by atoms with Gasteiger partial charge in [-0.3, -0.25) is 9.48 Å². The Bertz CT molecular complexity index is 867. The zero-order chi connectivity index (χ0) is 19.6. The van der Waals surface area contributed by atoms with E-state index in [0.717, 1.165) is 18.6 Å². The average molecular weight is 377 g/mol. The highest BCUT2D eigenvalue weighted by molar-refractivity contribution is 5.95. The maximum absolute atomic E-state index is 13.3. The van der Waals surface area contributed by atoms with Crippen molar-refractivity contribution in [3.05, 3.63) is 47.3 Å². The fourth-order valence-electron chi connectivity index (χ4n) is 2.79. The first-order valence-electron chi connectivity index (χ1n) is 8.75. The fraction of sp³-hybridized carbons (Fsp3) is 0.389. The van der Waals surface area contributed by atoms with Crippen LogP contribution in [0.15, 0.2) is 24.4 Å². The van der Waals surface area contributed by atoms with Gasteiger partial charge >= 0.3 is 6.03 Å². The predicted molar refractivity (Wildman–Crippen MR) is 95.2 cm³/mol. The number of nitrogens with zero attached hydrogens (tertiary/aromatic N) is 3. The minimum atomic E-state index is -1.03. The Labute approximate surface area is 155 Å². The van der Waals surface area contributed by atoms with Crippen LogP contribution >= 0.6 is 0 Å². The number of benzene rings is 1. The summed E-state index contributed by atoms with van der Waals surface area (Å²) in [5.41, 5.74) is 1.23. The van der Waals surface area contributed by atoms with Crippen LogP contribution in [0.2, 0.25) is 0 Å². The van der Waals surface area contributed by atoms with Gasteiger partial charge in [0.1, 0.15) is 0 Å². The largest absolute Gasteiger partial charge is 0.349 e. The number of halogens is 2. The van der Waals surface area contributed by atoms with E-state index in [1.54, 1.807) is 4.68 Å². The van der Waals surface area contributed by atoms with Crippen molar-refractivity contribution in [3.8, 4) is 0 Å². The van der Waals surface area contributed by atoms with E-state index < -0.39 is 17.7 Å². The molecule has 1 unspecified atom stereocenters. The molecule has 1 aromatic heterocycles. The number of fused-ring (bicyclic) bond motifs is 1. The van der Waals surface area contributed by atoms with Gasteiger partial charge in [0.25, 0.3) is 5.91 Å². The average Bonchev–Trinajstić information content (AvgIpc) is 3.07. The summed E-state index contributed by atoms with van der Waals surface area (Å²) >= 11 is 0. The molecule has 2 aromatic rings. The Morgan fingerprint density at radius 1 is 1.26 bits per heavy atom. The molecule has 27 heavy (non-hydrogen) atoms. The number of carbonyl (C=O) groups is 2. The molecule has 144 valence electrons. The number of hydrogen-bond donors (Lipinski definition) is 2. The molecule has 3 amide bonds. The van der Waals surface area contributed by atoms with Gasteiger partial charge in [-0.25, -0.2) is 13.6 Å². The summed E-state index contributed by atoms with van der Waals surface area (Å²) in [5.74, 6) is -2.24. The lowest BCUT2D eigenvalue weighted by molar-refractivity contribution is 0.0936. The van der Waals surface area contributed by atoms with Crippen LogP contribution in [-0.2, 0) is 13.1 Å². The fourth-order valence-corrected chi connectivity index (χ4v) is 2.79. The van der Waals surface area contributed by atoms with Crippen LogP contribution in [0, 0.1) is 11.6 Å². The van der Waals surface area contributed by atoms with Crippen LogP contribution in [0.1, 0.15) is 36.3 Å². The molecule has 0 saturated heterocycles. The van der Waals surface area contributed by atoms with Crippen molar-refractivity contribution in [2.75, 3.05) is 11.9 Å². The van der Waals surface area contributed by atoms with Crippen LogP contribution in [-0.4, -0.2) is 39.2 Å². The lowest BCUT2D eigenvalue weighted by atomic mass is 10.1. The first-order valence-corrected chi connectivity index (χ1v) is 8.75. The van der Waals surface area contributed by atoms with Gasteiger partial charge in [-0.2, -0.15) is 5.10 Å². The second-order valence-electron chi connectivity index (χ2n) is 6.49. The molecule has 3 rings (SSSR count). The zero-order valence-electron chi connectivity index (χ0n) is 15.1. The Balaban J connectivity index is 1.71. The molecule has 0 fully saturated rings. The Morgan fingerprint density at radius 3 is 2.74 bits per heavy atom. The number of hydrogen-bond acceptors (Lipinski definition) is 3. The van der Waals surface area contributed by atoms with Crippen LogP contribution in [0.25, 0.3) is 0 Å². The number of rotatable bonds is 4. The van der Waals surface area contributed by atoms with Gasteiger partial charge in [0.15, 0.2) is 11.6 Å². The van der Waals surface area contributed by atoms with Gasteiger partial charge in [-0.1, -0.05) is 6.92 Å². The van der Waals surface area contributed by atoms with Gasteiger partial charge < -0.3 is 15.5 Å². The van der Waals surface area contributed by atoms with Crippen LogP contribution < -0.4 is 10.6 Å². The summed E-state index contributed by atoms with van der Waals surface area (Å²) in [5, 5.41) is 9.65. The van der Waals surface area contributed by atoms with Crippen molar-refractivity contribution in [1.82, 2.24) is 20.0 Å². The van der Waals surface area contributed by atoms with Crippen molar-refractivity contribution in [2.24, 2.45) is 0 Å². The summed E-state index contributed by atoms with van der Waals surface area (Å²) in [6, 6.07) is 2.74. The Kier molecular flexibility index (Phi) is 5.38. The molecule has 0 aliphatic carbocycles. The highest BCUT2D eigenvalue weighted by Crippen LogP contribution is 2.19. The molecule has 0 spiro atoms. The van der Waals surface area contributed by atoms with E-state index in [2.05, 4.69) is 15.7 Å². The number of anilines is 1. The molecule has 9 heteroatoms. The maximum Gasteiger partial charge on any atom is 0.322 e. The molecule has 7 nitrogen and oxygen atoms in total. The lowest BCUT2D eigenvalue weighted by Crippen LogP contribution is -2.42. The van der Waals surface area contributed by atoms with E-state index in [0.29, 0.717) is 24.3 Å². The third kappa shape index (κ3) is 4.07. The van der Waals surface area contributed by atoms with Crippen LogP contribution in [0.3, 0.4) is 0 Å². The highest BCUT2D eigenvalue weighted by atomic mass is 19.2. The molecule has 1 aromatic carbocycles. The van der Waals surface area contributed by atoms with Gasteiger partial charge in [-0.15, -0.1) is 0 Å². The van der Waals surface area contributed by atoms with E-state index in [4.69, 9.17) is 0 Å². The monoisotopic (exact) mass is 377 g/mol. The number of nitrogens with one attached hydrogen (secondary N) is 2. The Morgan fingerprint density at radius 2 is 2.04 bits per heavy atom. The first kappa shape index (κ1) is 18.8. The number of urea groups is 1. The molecule has 2 N–H and O–H groups in total. The third-order valence-corrected chi connectivity index (χ3v) is 4.56. The van der Waals surface area contributed by atoms with E-state index in [1.165, 1.54) is 17.2 Å². The predicted octanol–water partition coefficient (Wildman–Crippen LogP) is 2.74. The van der Waals surface area contributed by atoms with Gasteiger partial charge in [0.2, 0.25) is 0 Å². The van der Waals surface area contributed by atoms with Gasteiger partial charge in [0, 0.05) is 24.3 Å². The molecule has 1 atom stereocenters. The Hall–Kier alpha value is -2.97. The van der Waals surface area contributed by atoms with E-state index in [1.807, 2.05) is 13.8 Å². The van der Waals surface area contributed by atoms with Gasteiger partial charge in [-0.05, 0) is 25.5 Å². The minimum absolute atomic E-state index is 0.0319. The topological polar surface area (TPSA) is 79.3 Å². The van der Waals surface area contributed by atoms with Crippen molar-refractivity contribution < 1.29 is 18.4 Å². The minimum Gasteiger partial charge on any atom is -0.349 e. The molecular weight excluding hydrogens is 356 g/mol. The molecule has 1 aliphatic rings. The summed E-state index contributed by atoms with van der Waals surface area (Å²) < 4.78 is 28.0. The molecule has 0 bridgehead atoms. The van der Waals surface area contributed by atoms with E-state index >= 15 is 0 Å². The zero-order valence-corrected chi connectivity index (χ0v) is 15.1. The SMILES string of the molecule is CCC(C)NC(=O)c1cnn2c1CN(C(=O)Nc1ccc(F)c(F)c1)CC2. The van der Waals surface area contributed by atoms with Crippen molar-refractivity contribution in [2.45, 2.75) is 39.4 Å². The highest BCUT2D eigenvalue weighted by Gasteiger charge is 2.27. The molecular formula is C18H21F2N5O2. The second-order valence-corrected chi connectivity index (χ2v) is 6.49. The first-order chi connectivity index (χ1) is 12.9. The molecule has 2 heterocycles. The summed E-state index contributed by atoms with van der Waals surface area (Å²) in [6.45, 7) is 4.91. The third-order valence-electron chi connectivity index (χ3n) is 4.56.